The topological polar surface area (TPSA) is 59.8 Å². The van der Waals surface area contributed by atoms with Gasteiger partial charge >= 0.3 is 0 Å². The Morgan fingerprint density at radius 1 is 1.15 bits per heavy atom. The lowest BCUT2D eigenvalue weighted by atomic mass is 10.2. The zero-order valence-corrected chi connectivity index (χ0v) is 15.9. The third kappa shape index (κ3) is 4.35. The molecule has 0 unspecified atom stereocenters. The van der Waals surface area contributed by atoms with E-state index in [-0.39, 0.29) is 17.2 Å². The maximum absolute atomic E-state index is 12.9. The molecule has 0 radical (unpaired) electrons. The first-order valence-corrected chi connectivity index (χ1v) is 9.21. The molecular formula is C17H13Cl2FN4OS. The van der Waals surface area contributed by atoms with Crippen molar-refractivity contribution in [2.45, 2.75) is 10.9 Å². The third-order valence-corrected chi connectivity index (χ3v) is 5.15. The summed E-state index contributed by atoms with van der Waals surface area (Å²) in [5, 5.41) is 12.2. The second-order valence-corrected chi connectivity index (χ2v) is 7.15. The smallest absolute Gasteiger partial charge is 0.297 e. The molecule has 0 aliphatic heterocycles. The van der Waals surface area contributed by atoms with Crippen LogP contribution in [0.4, 0.5) is 15.9 Å². The minimum Gasteiger partial charge on any atom is -0.333 e. The first-order chi connectivity index (χ1) is 12.4. The highest BCUT2D eigenvalue weighted by Crippen LogP contribution is 2.27. The van der Waals surface area contributed by atoms with Gasteiger partial charge in [-0.3, -0.25) is 9.36 Å². The zero-order chi connectivity index (χ0) is 18.7. The molecule has 0 amide bonds. The normalized spacial score (nSPS) is 10.8. The summed E-state index contributed by atoms with van der Waals surface area (Å²) in [7, 11) is 1.61. The van der Waals surface area contributed by atoms with Crippen LogP contribution in [0.25, 0.3) is 0 Å². The number of thioether (sulfide) groups is 1. The van der Waals surface area contributed by atoms with Crippen LogP contribution in [-0.4, -0.2) is 14.8 Å². The van der Waals surface area contributed by atoms with E-state index in [4.69, 9.17) is 23.2 Å². The van der Waals surface area contributed by atoms with Gasteiger partial charge < -0.3 is 5.32 Å². The van der Waals surface area contributed by atoms with Crippen molar-refractivity contribution in [3.8, 4) is 0 Å². The molecule has 0 bridgehead atoms. The van der Waals surface area contributed by atoms with Crippen LogP contribution in [-0.2, 0) is 12.8 Å². The summed E-state index contributed by atoms with van der Waals surface area (Å²) >= 11 is 13.4. The van der Waals surface area contributed by atoms with E-state index in [9.17, 15) is 9.18 Å². The lowest BCUT2D eigenvalue weighted by Crippen LogP contribution is -2.24. The molecular weight excluding hydrogens is 398 g/mol. The summed E-state index contributed by atoms with van der Waals surface area (Å²) in [5.41, 5.74) is 1.04. The Kier molecular flexibility index (Phi) is 5.80. The molecule has 1 aromatic heterocycles. The van der Waals surface area contributed by atoms with Crippen LogP contribution >= 0.6 is 35.0 Å². The van der Waals surface area contributed by atoms with E-state index in [1.165, 1.54) is 28.5 Å². The molecule has 0 saturated heterocycles. The number of halogens is 3. The van der Waals surface area contributed by atoms with Gasteiger partial charge in [0.2, 0.25) is 5.82 Å². The number of rotatable bonds is 5. The molecule has 3 aromatic rings. The van der Waals surface area contributed by atoms with E-state index in [1.807, 2.05) is 0 Å². The van der Waals surface area contributed by atoms with E-state index in [0.29, 0.717) is 26.6 Å². The maximum atomic E-state index is 12.9. The Labute approximate surface area is 163 Å². The first kappa shape index (κ1) is 18.7. The van der Waals surface area contributed by atoms with Gasteiger partial charge in [0.25, 0.3) is 5.56 Å². The average Bonchev–Trinajstić information content (AvgIpc) is 2.63. The fourth-order valence-electron chi connectivity index (χ4n) is 2.10. The number of nitrogens with zero attached hydrogens (tertiary/aromatic N) is 3. The lowest BCUT2D eigenvalue weighted by molar-refractivity contribution is 0.627. The highest BCUT2D eigenvalue weighted by atomic mass is 35.5. The van der Waals surface area contributed by atoms with Crippen LogP contribution in [0, 0.1) is 5.82 Å². The predicted molar refractivity (Wildman–Crippen MR) is 103 cm³/mol. The minimum atomic E-state index is -0.349. The van der Waals surface area contributed by atoms with Crippen LogP contribution in [0.1, 0.15) is 5.56 Å². The molecule has 2 aromatic carbocycles. The molecule has 0 fully saturated rings. The lowest BCUT2D eigenvalue weighted by Gasteiger charge is -2.10. The maximum Gasteiger partial charge on any atom is 0.297 e. The van der Waals surface area contributed by atoms with Gasteiger partial charge in [-0.1, -0.05) is 47.1 Å². The number of benzene rings is 2. The molecule has 0 aliphatic rings. The molecule has 26 heavy (non-hydrogen) atoms. The van der Waals surface area contributed by atoms with Crippen molar-refractivity contribution in [1.82, 2.24) is 14.8 Å². The van der Waals surface area contributed by atoms with Crippen molar-refractivity contribution in [2.75, 3.05) is 5.32 Å². The molecule has 3 rings (SSSR count). The quantitative estimate of drug-likeness (QED) is 0.619. The predicted octanol–water partition coefficient (Wildman–Crippen LogP) is 4.66. The minimum absolute atomic E-state index is 0.0443. The van der Waals surface area contributed by atoms with Crippen molar-refractivity contribution in [2.24, 2.45) is 7.05 Å². The van der Waals surface area contributed by atoms with Gasteiger partial charge in [0.15, 0.2) is 5.16 Å². The Balaban J connectivity index is 1.78. The van der Waals surface area contributed by atoms with Gasteiger partial charge in [-0.15, -0.1) is 10.2 Å². The molecule has 1 heterocycles. The molecule has 134 valence electrons. The van der Waals surface area contributed by atoms with Gasteiger partial charge in [-0.25, -0.2) is 4.39 Å². The number of nitrogens with one attached hydrogen (secondary N) is 1. The molecule has 0 saturated carbocycles. The van der Waals surface area contributed by atoms with Gasteiger partial charge in [0.1, 0.15) is 5.82 Å². The summed E-state index contributed by atoms with van der Waals surface area (Å²) in [6, 6.07) is 11.0. The number of anilines is 2. The number of hydrogen-bond acceptors (Lipinski definition) is 5. The van der Waals surface area contributed by atoms with Crippen LogP contribution < -0.4 is 10.9 Å². The van der Waals surface area contributed by atoms with E-state index in [1.54, 1.807) is 37.4 Å². The van der Waals surface area contributed by atoms with Gasteiger partial charge in [-0.05, 0) is 35.9 Å². The van der Waals surface area contributed by atoms with E-state index < -0.39 is 0 Å². The second kappa shape index (κ2) is 8.07. The number of aromatic nitrogens is 3. The van der Waals surface area contributed by atoms with Gasteiger partial charge in [-0.2, -0.15) is 0 Å². The average molecular weight is 411 g/mol. The fourth-order valence-corrected chi connectivity index (χ4v) is 3.30. The van der Waals surface area contributed by atoms with Gasteiger partial charge in [0, 0.05) is 17.8 Å². The van der Waals surface area contributed by atoms with Crippen LogP contribution in [0.2, 0.25) is 10.0 Å². The Morgan fingerprint density at radius 2 is 1.88 bits per heavy atom. The highest BCUT2D eigenvalue weighted by Gasteiger charge is 2.12. The van der Waals surface area contributed by atoms with E-state index in [0.717, 1.165) is 5.56 Å². The van der Waals surface area contributed by atoms with Crippen molar-refractivity contribution >= 4 is 46.5 Å². The Hall–Kier alpha value is -2.09. The molecule has 0 atom stereocenters. The standard InChI is InChI=1S/C17H13Cl2FN4OS/c1-24-16(25)15(21-14-8-11(18)4-7-13(14)19)22-23-17(24)26-9-10-2-5-12(20)6-3-10/h2-8H,9H2,1H3,(H,21,22). The van der Waals surface area contributed by atoms with Crippen LogP contribution in [0.5, 0.6) is 0 Å². The van der Waals surface area contributed by atoms with Crippen LogP contribution in [0.15, 0.2) is 52.4 Å². The molecule has 5 nitrogen and oxygen atoms in total. The highest BCUT2D eigenvalue weighted by molar-refractivity contribution is 7.98. The van der Waals surface area contributed by atoms with Crippen molar-refractivity contribution in [3.63, 3.8) is 0 Å². The molecule has 0 spiro atoms. The van der Waals surface area contributed by atoms with Gasteiger partial charge in [0.05, 0.1) is 10.7 Å². The van der Waals surface area contributed by atoms with Crippen molar-refractivity contribution in [1.29, 1.82) is 0 Å². The van der Waals surface area contributed by atoms with E-state index >= 15 is 0 Å². The monoisotopic (exact) mass is 410 g/mol. The first-order valence-electron chi connectivity index (χ1n) is 7.47. The molecule has 9 heteroatoms. The SMILES string of the molecule is Cn1c(SCc2ccc(F)cc2)nnc(Nc2cc(Cl)ccc2Cl)c1=O. The summed E-state index contributed by atoms with van der Waals surface area (Å²) in [6.45, 7) is 0. The van der Waals surface area contributed by atoms with E-state index in [2.05, 4.69) is 15.5 Å². The van der Waals surface area contributed by atoms with Crippen molar-refractivity contribution < 1.29 is 4.39 Å². The zero-order valence-electron chi connectivity index (χ0n) is 13.5. The summed E-state index contributed by atoms with van der Waals surface area (Å²) in [6.07, 6.45) is 0. The Morgan fingerprint density at radius 3 is 2.62 bits per heavy atom. The van der Waals surface area contributed by atoms with Crippen LogP contribution in [0.3, 0.4) is 0 Å². The molecule has 0 aliphatic carbocycles. The molecule has 1 N–H and O–H groups in total. The summed E-state index contributed by atoms with van der Waals surface area (Å²) in [5.74, 6) is 0.290. The largest absolute Gasteiger partial charge is 0.333 e. The number of hydrogen-bond donors (Lipinski definition) is 1. The summed E-state index contributed by atoms with van der Waals surface area (Å²) < 4.78 is 14.3. The fraction of sp³-hybridized carbons (Fsp3) is 0.118. The third-order valence-electron chi connectivity index (χ3n) is 3.49. The second-order valence-electron chi connectivity index (χ2n) is 5.36. The Bertz CT molecular complexity index is 995. The summed E-state index contributed by atoms with van der Waals surface area (Å²) in [4.78, 5) is 12.5. The van der Waals surface area contributed by atoms with Crippen molar-refractivity contribution in [3.05, 3.63) is 74.2 Å².